The molecule has 1 N–H and O–H groups in total. The Morgan fingerprint density at radius 1 is 1.35 bits per heavy atom. The number of carboxylic acids is 1. The summed E-state index contributed by atoms with van der Waals surface area (Å²) in [5, 5.41) is 9.95. The van der Waals surface area contributed by atoms with E-state index in [-0.39, 0.29) is 6.42 Å². The summed E-state index contributed by atoms with van der Waals surface area (Å²) in [4.78, 5) is 17.4. The normalized spacial score (nSPS) is 18.6. The first-order valence-corrected chi connectivity index (χ1v) is 7.04. The van der Waals surface area contributed by atoms with E-state index in [1.165, 1.54) is 11.1 Å². The topological polar surface area (TPSA) is 53.4 Å². The number of anilines is 1. The van der Waals surface area contributed by atoms with Crippen molar-refractivity contribution in [2.45, 2.75) is 19.3 Å². The molecule has 1 saturated heterocycles. The van der Waals surface area contributed by atoms with Gasteiger partial charge in [0.15, 0.2) is 0 Å². The summed E-state index contributed by atoms with van der Waals surface area (Å²) in [7, 11) is 0. The average Bonchev–Trinajstić information content (AvgIpc) is 2.93. The van der Waals surface area contributed by atoms with Crippen molar-refractivity contribution in [3.8, 4) is 0 Å². The summed E-state index contributed by atoms with van der Waals surface area (Å²) >= 11 is 0. The van der Waals surface area contributed by atoms with Crippen molar-refractivity contribution in [2.24, 2.45) is 5.92 Å². The number of para-hydroxylation sites is 1. The van der Waals surface area contributed by atoms with Crippen molar-refractivity contribution in [2.75, 3.05) is 18.0 Å². The van der Waals surface area contributed by atoms with E-state index in [1.54, 1.807) is 0 Å². The van der Waals surface area contributed by atoms with Gasteiger partial charge in [-0.3, -0.25) is 9.78 Å². The second-order valence-electron chi connectivity index (χ2n) is 5.38. The first kappa shape index (κ1) is 12.9. The molecule has 0 spiro atoms. The summed E-state index contributed by atoms with van der Waals surface area (Å²) in [6.45, 7) is 1.94. The average molecular weight is 270 g/mol. The van der Waals surface area contributed by atoms with Crippen LogP contribution in [0.25, 0.3) is 10.9 Å². The van der Waals surface area contributed by atoms with Gasteiger partial charge in [0.05, 0.1) is 5.52 Å². The smallest absolute Gasteiger partial charge is 0.303 e. The maximum Gasteiger partial charge on any atom is 0.303 e. The zero-order chi connectivity index (χ0) is 13.9. The molecule has 1 unspecified atom stereocenters. The lowest BCUT2D eigenvalue weighted by atomic mass is 10.0. The van der Waals surface area contributed by atoms with E-state index in [9.17, 15) is 4.79 Å². The second-order valence-corrected chi connectivity index (χ2v) is 5.38. The summed E-state index contributed by atoms with van der Waals surface area (Å²) in [5.41, 5.74) is 2.23. The van der Waals surface area contributed by atoms with E-state index in [2.05, 4.69) is 22.0 Å². The Labute approximate surface area is 118 Å². The van der Waals surface area contributed by atoms with Gasteiger partial charge >= 0.3 is 5.97 Å². The van der Waals surface area contributed by atoms with Gasteiger partial charge in [0.1, 0.15) is 0 Å². The molecule has 20 heavy (non-hydrogen) atoms. The molecular formula is C16H18N2O2. The number of aliphatic carboxylic acids is 1. The SMILES string of the molecule is O=C(O)CCC1CCN(c2ccnc3ccccc23)C1. The van der Waals surface area contributed by atoms with Crippen LogP contribution in [0, 0.1) is 5.92 Å². The van der Waals surface area contributed by atoms with Gasteiger partial charge in [0, 0.05) is 36.8 Å². The van der Waals surface area contributed by atoms with Crippen molar-refractivity contribution in [3.63, 3.8) is 0 Å². The van der Waals surface area contributed by atoms with Gasteiger partial charge in [0.25, 0.3) is 0 Å². The van der Waals surface area contributed by atoms with Crippen LogP contribution in [0.4, 0.5) is 5.69 Å². The molecule has 104 valence electrons. The van der Waals surface area contributed by atoms with Gasteiger partial charge in [-0.05, 0) is 30.9 Å². The van der Waals surface area contributed by atoms with Crippen LogP contribution in [-0.2, 0) is 4.79 Å². The van der Waals surface area contributed by atoms with Crippen LogP contribution in [0.1, 0.15) is 19.3 Å². The van der Waals surface area contributed by atoms with Crippen molar-refractivity contribution in [1.82, 2.24) is 4.98 Å². The van der Waals surface area contributed by atoms with Crippen molar-refractivity contribution < 1.29 is 9.90 Å². The van der Waals surface area contributed by atoms with Gasteiger partial charge in [-0.15, -0.1) is 0 Å². The van der Waals surface area contributed by atoms with E-state index in [1.807, 2.05) is 24.4 Å². The summed E-state index contributed by atoms with van der Waals surface area (Å²) < 4.78 is 0. The lowest BCUT2D eigenvalue weighted by Crippen LogP contribution is -2.20. The molecular weight excluding hydrogens is 252 g/mol. The Hall–Kier alpha value is -2.10. The highest BCUT2D eigenvalue weighted by atomic mass is 16.4. The molecule has 0 amide bonds. The summed E-state index contributed by atoms with van der Waals surface area (Å²) in [6.07, 6.45) is 3.97. The molecule has 4 nitrogen and oxygen atoms in total. The molecule has 0 aliphatic carbocycles. The molecule has 0 bridgehead atoms. The van der Waals surface area contributed by atoms with E-state index in [0.717, 1.165) is 31.4 Å². The highest BCUT2D eigenvalue weighted by molar-refractivity contribution is 5.91. The van der Waals surface area contributed by atoms with Gasteiger partial charge in [-0.25, -0.2) is 0 Å². The zero-order valence-electron chi connectivity index (χ0n) is 11.3. The third-order valence-corrected chi connectivity index (χ3v) is 4.02. The number of fused-ring (bicyclic) bond motifs is 1. The molecule has 1 atom stereocenters. The molecule has 3 rings (SSSR count). The summed E-state index contributed by atoms with van der Waals surface area (Å²) in [6, 6.07) is 10.2. The number of rotatable bonds is 4. The van der Waals surface area contributed by atoms with Crippen LogP contribution in [0.15, 0.2) is 36.5 Å². The fraction of sp³-hybridized carbons (Fsp3) is 0.375. The zero-order valence-corrected chi connectivity index (χ0v) is 11.3. The van der Waals surface area contributed by atoms with Crippen LogP contribution in [0.5, 0.6) is 0 Å². The van der Waals surface area contributed by atoms with Crippen molar-refractivity contribution in [1.29, 1.82) is 0 Å². The lowest BCUT2D eigenvalue weighted by Gasteiger charge is -2.20. The Kier molecular flexibility index (Phi) is 3.54. The van der Waals surface area contributed by atoms with Crippen LogP contribution in [0.2, 0.25) is 0 Å². The largest absolute Gasteiger partial charge is 0.481 e. The molecule has 1 aromatic heterocycles. The molecule has 4 heteroatoms. The summed E-state index contributed by atoms with van der Waals surface area (Å²) in [5.74, 6) is -0.212. The molecule has 1 aliphatic heterocycles. The van der Waals surface area contributed by atoms with E-state index in [4.69, 9.17) is 5.11 Å². The van der Waals surface area contributed by atoms with Gasteiger partial charge in [-0.1, -0.05) is 18.2 Å². The third-order valence-electron chi connectivity index (χ3n) is 4.02. The maximum absolute atomic E-state index is 10.7. The van der Waals surface area contributed by atoms with Crippen LogP contribution >= 0.6 is 0 Å². The minimum absolute atomic E-state index is 0.273. The number of benzene rings is 1. The van der Waals surface area contributed by atoms with Gasteiger partial charge < -0.3 is 10.0 Å². The van der Waals surface area contributed by atoms with Gasteiger partial charge in [-0.2, -0.15) is 0 Å². The van der Waals surface area contributed by atoms with Crippen LogP contribution in [0.3, 0.4) is 0 Å². The number of hydrogen-bond donors (Lipinski definition) is 1. The molecule has 1 fully saturated rings. The van der Waals surface area contributed by atoms with Crippen molar-refractivity contribution >= 4 is 22.6 Å². The minimum Gasteiger partial charge on any atom is -0.481 e. The Balaban J connectivity index is 1.78. The fourth-order valence-electron chi connectivity index (χ4n) is 2.97. The Morgan fingerprint density at radius 2 is 2.20 bits per heavy atom. The number of carboxylic acid groups (broad SMARTS) is 1. The first-order valence-electron chi connectivity index (χ1n) is 7.04. The number of hydrogen-bond acceptors (Lipinski definition) is 3. The first-order chi connectivity index (χ1) is 9.74. The predicted molar refractivity (Wildman–Crippen MR) is 78.9 cm³/mol. The molecule has 1 aliphatic rings. The number of nitrogens with zero attached hydrogens (tertiary/aromatic N) is 2. The van der Waals surface area contributed by atoms with Gasteiger partial charge in [0.2, 0.25) is 0 Å². The van der Waals surface area contributed by atoms with Crippen LogP contribution < -0.4 is 4.90 Å². The highest BCUT2D eigenvalue weighted by Gasteiger charge is 2.24. The monoisotopic (exact) mass is 270 g/mol. The van der Waals surface area contributed by atoms with Crippen LogP contribution in [-0.4, -0.2) is 29.1 Å². The Bertz CT molecular complexity index is 621. The van der Waals surface area contributed by atoms with E-state index in [0.29, 0.717) is 5.92 Å². The quantitative estimate of drug-likeness (QED) is 0.928. The molecule has 2 heterocycles. The van der Waals surface area contributed by atoms with E-state index >= 15 is 0 Å². The third kappa shape index (κ3) is 2.59. The molecule has 2 aromatic rings. The lowest BCUT2D eigenvalue weighted by molar-refractivity contribution is -0.137. The predicted octanol–water partition coefficient (Wildman–Crippen LogP) is 2.93. The highest BCUT2D eigenvalue weighted by Crippen LogP contribution is 2.31. The molecule has 0 radical (unpaired) electrons. The fourth-order valence-corrected chi connectivity index (χ4v) is 2.97. The minimum atomic E-state index is -0.696. The van der Waals surface area contributed by atoms with Crippen molar-refractivity contribution in [3.05, 3.63) is 36.5 Å². The second kappa shape index (κ2) is 5.49. The number of aromatic nitrogens is 1. The number of carbonyl (C=O) groups is 1. The number of pyridine rings is 1. The standard InChI is InChI=1S/C16H18N2O2/c19-16(20)6-5-12-8-10-18(11-12)15-7-9-17-14-4-2-1-3-13(14)15/h1-4,7,9,12H,5-6,8,10-11H2,(H,19,20). The molecule has 1 aromatic carbocycles. The maximum atomic E-state index is 10.7. The molecule has 0 saturated carbocycles. The Morgan fingerprint density at radius 3 is 3.05 bits per heavy atom. The van der Waals surface area contributed by atoms with E-state index < -0.39 is 5.97 Å².